The first-order valence-electron chi connectivity index (χ1n) is 3.20. The van der Waals surface area contributed by atoms with E-state index >= 15 is 0 Å². The summed E-state index contributed by atoms with van der Waals surface area (Å²) in [5, 5.41) is 20.5. The molecule has 0 aliphatic carbocycles. The van der Waals surface area contributed by atoms with Gasteiger partial charge in [-0.1, -0.05) is 17.7 Å². The van der Waals surface area contributed by atoms with Crippen molar-refractivity contribution in [1.29, 1.82) is 10.8 Å². The first kappa shape index (κ1) is 14.0. The molecule has 0 fully saturated rings. The van der Waals surface area contributed by atoms with Crippen molar-refractivity contribution >= 4 is 18.4 Å². The van der Waals surface area contributed by atoms with Crippen molar-refractivity contribution in [3.8, 4) is 0 Å². The Kier molecular flexibility index (Phi) is 7.59. The monoisotopic (exact) mass is 200 g/mol. The Morgan fingerprint density at radius 3 is 1.92 bits per heavy atom. The molecule has 4 nitrogen and oxygen atoms in total. The largest absolute Gasteiger partial charge is 0.478 e. The van der Waals surface area contributed by atoms with Crippen LogP contribution in [-0.4, -0.2) is 11.1 Å². The van der Waals surface area contributed by atoms with Crippen molar-refractivity contribution in [3.63, 3.8) is 0 Å². The van der Waals surface area contributed by atoms with Crippen molar-refractivity contribution in [2.45, 2.75) is 6.92 Å². The van der Waals surface area contributed by atoms with Gasteiger partial charge in [-0.25, -0.2) is 4.79 Å². The average molecular weight is 201 g/mol. The molecule has 0 saturated carbocycles. The molecule has 0 bridgehead atoms. The molecule has 0 aromatic heterocycles. The van der Waals surface area contributed by atoms with Crippen LogP contribution in [0.2, 0.25) is 0 Å². The number of nitrogens with zero attached hydrogens (tertiary/aromatic N) is 2. The van der Waals surface area contributed by atoms with E-state index in [1.165, 1.54) is 0 Å². The van der Waals surface area contributed by atoms with Crippen LogP contribution in [0.1, 0.15) is 15.9 Å². The Morgan fingerprint density at radius 1 is 1.23 bits per heavy atom. The molecule has 0 spiro atoms. The van der Waals surface area contributed by atoms with Crippen molar-refractivity contribution in [1.82, 2.24) is 0 Å². The van der Waals surface area contributed by atoms with Crippen LogP contribution in [0.3, 0.4) is 0 Å². The Labute approximate surface area is 82.0 Å². The molecule has 5 heteroatoms. The van der Waals surface area contributed by atoms with Gasteiger partial charge in [0.1, 0.15) is 0 Å². The van der Waals surface area contributed by atoms with Crippen LogP contribution in [0.15, 0.2) is 24.3 Å². The molecule has 1 aromatic rings. The SMILES string of the molecule is Cc1ccc(C(=O)O)cc1.Cl.N#N. The Bertz CT molecular complexity index is 282. The van der Waals surface area contributed by atoms with Crippen LogP contribution in [0.25, 0.3) is 0 Å². The van der Waals surface area contributed by atoms with Gasteiger partial charge in [-0.05, 0) is 19.1 Å². The number of benzene rings is 1. The first-order valence-corrected chi connectivity index (χ1v) is 3.20. The summed E-state index contributed by atoms with van der Waals surface area (Å²) in [4.78, 5) is 10.3. The van der Waals surface area contributed by atoms with Gasteiger partial charge in [0.15, 0.2) is 0 Å². The molecule has 0 saturated heterocycles. The lowest BCUT2D eigenvalue weighted by Gasteiger charge is -1.92. The van der Waals surface area contributed by atoms with E-state index in [0.29, 0.717) is 5.56 Å². The summed E-state index contributed by atoms with van der Waals surface area (Å²) in [6, 6.07) is 6.75. The third kappa shape index (κ3) is 4.77. The van der Waals surface area contributed by atoms with E-state index in [0.717, 1.165) is 5.56 Å². The van der Waals surface area contributed by atoms with Crippen LogP contribution >= 0.6 is 12.4 Å². The number of hydrogen-bond acceptors (Lipinski definition) is 3. The maximum atomic E-state index is 10.3. The van der Waals surface area contributed by atoms with Crippen LogP contribution < -0.4 is 0 Å². The second-order valence-electron chi connectivity index (χ2n) is 2.17. The minimum absolute atomic E-state index is 0. The normalized spacial score (nSPS) is 7.31. The lowest BCUT2D eigenvalue weighted by molar-refractivity contribution is 0.0697. The van der Waals surface area contributed by atoms with Gasteiger partial charge in [-0.2, -0.15) is 0 Å². The van der Waals surface area contributed by atoms with E-state index in [1.807, 2.05) is 6.92 Å². The lowest BCUT2D eigenvalue weighted by Crippen LogP contribution is -1.94. The van der Waals surface area contributed by atoms with Crippen LogP contribution in [-0.2, 0) is 0 Å². The quantitative estimate of drug-likeness (QED) is 0.704. The topological polar surface area (TPSA) is 84.9 Å². The summed E-state index contributed by atoms with van der Waals surface area (Å²) in [6.45, 7) is 1.92. The molecular formula is C8H9ClN2O2. The summed E-state index contributed by atoms with van der Waals surface area (Å²) in [6.07, 6.45) is 0. The fraction of sp³-hybridized carbons (Fsp3) is 0.125. The second kappa shape index (κ2) is 7.07. The Morgan fingerprint density at radius 2 is 1.62 bits per heavy atom. The van der Waals surface area contributed by atoms with Crippen molar-refractivity contribution in [2.75, 3.05) is 0 Å². The molecule has 0 heterocycles. The Balaban J connectivity index is 0. The highest BCUT2D eigenvalue weighted by Crippen LogP contribution is 2.01. The summed E-state index contributed by atoms with van der Waals surface area (Å²) in [5.41, 5.74) is 1.41. The summed E-state index contributed by atoms with van der Waals surface area (Å²) < 4.78 is 0. The zero-order chi connectivity index (χ0) is 9.56. The second-order valence-corrected chi connectivity index (χ2v) is 2.17. The molecule has 0 unspecified atom stereocenters. The molecule has 1 rings (SSSR count). The fourth-order valence-electron chi connectivity index (χ4n) is 0.696. The molecule has 0 aliphatic heterocycles. The molecule has 0 radical (unpaired) electrons. The lowest BCUT2D eigenvalue weighted by atomic mass is 10.2. The number of rotatable bonds is 1. The number of aromatic carboxylic acids is 1. The van der Waals surface area contributed by atoms with Crippen molar-refractivity contribution < 1.29 is 9.90 Å². The van der Waals surface area contributed by atoms with Crippen LogP contribution in [0.4, 0.5) is 0 Å². The summed E-state index contributed by atoms with van der Waals surface area (Å²) >= 11 is 0. The number of halogens is 1. The van der Waals surface area contributed by atoms with Gasteiger partial charge < -0.3 is 5.11 Å². The zero-order valence-electron chi connectivity index (χ0n) is 6.97. The number of carboxylic acid groups (broad SMARTS) is 1. The number of hydrogen-bond donors (Lipinski definition) is 1. The van der Waals surface area contributed by atoms with Crippen LogP contribution in [0.5, 0.6) is 0 Å². The number of carboxylic acids is 1. The Hall–Kier alpha value is -1.60. The van der Waals surface area contributed by atoms with Crippen LogP contribution in [0, 0.1) is 17.7 Å². The van der Waals surface area contributed by atoms with Crippen molar-refractivity contribution in [3.05, 3.63) is 35.4 Å². The molecule has 70 valence electrons. The molecular weight excluding hydrogens is 192 g/mol. The van der Waals surface area contributed by atoms with E-state index in [9.17, 15) is 4.79 Å². The summed E-state index contributed by atoms with van der Waals surface area (Å²) in [5.74, 6) is -0.875. The van der Waals surface area contributed by atoms with Gasteiger partial charge in [0.2, 0.25) is 0 Å². The predicted octanol–water partition coefficient (Wildman–Crippen LogP) is 2.15. The minimum atomic E-state index is -0.875. The van der Waals surface area contributed by atoms with Gasteiger partial charge in [0.05, 0.1) is 5.56 Å². The van der Waals surface area contributed by atoms with Gasteiger partial charge in [0, 0.05) is 10.8 Å². The maximum Gasteiger partial charge on any atom is 0.335 e. The van der Waals surface area contributed by atoms with E-state index in [1.54, 1.807) is 24.3 Å². The maximum absolute atomic E-state index is 10.3. The highest BCUT2D eigenvalue weighted by molar-refractivity contribution is 5.87. The van der Waals surface area contributed by atoms with E-state index in [4.69, 9.17) is 15.9 Å². The average Bonchev–Trinajstić information content (AvgIpc) is 2.09. The molecule has 1 N–H and O–H groups in total. The highest BCUT2D eigenvalue weighted by atomic mass is 35.5. The minimum Gasteiger partial charge on any atom is -0.478 e. The van der Waals surface area contributed by atoms with Gasteiger partial charge in [-0.15, -0.1) is 12.4 Å². The highest BCUT2D eigenvalue weighted by Gasteiger charge is 1.98. The molecule has 0 aliphatic rings. The molecule has 1 aromatic carbocycles. The first-order chi connectivity index (χ1) is 5.70. The van der Waals surface area contributed by atoms with Gasteiger partial charge >= 0.3 is 5.97 Å². The predicted molar refractivity (Wildman–Crippen MR) is 48.8 cm³/mol. The van der Waals surface area contributed by atoms with Gasteiger partial charge in [0.25, 0.3) is 0 Å². The molecule has 13 heavy (non-hydrogen) atoms. The van der Waals surface area contributed by atoms with E-state index < -0.39 is 5.97 Å². The van der Waals surface area contributed by atoms with Crippen molar-refractivity contribution in [2.24, 2.45) is 0 Å². The number of aryl methyl sites for hydroxylation is 1. The fourth-order valence-corrected chi connectivity index (χ4v) is 0.696. The standard InChI is InChI=1S/C8H8O2.ClH.N2/c1-6-2-4-7(5-3-6)8(9)10;;1-2/h2-5H,1H3,(H,9,10);1H;. The number of carbonyl (C=O) groups is 1. The van der Waals surface area contributed by atoms with Gasteiger partial charge in [-0.3, -0.25) is 0 Å². The molecule has 0 amide bonds. The summed E-state index contributed by atoms with van der Waals surface area (Å²) in [7, 11) is 0. The third-order valence-corrected chi connectivity index (χ3v) is 1.30. The van der Waals surface area contributed by atoms with E-state index in [2.05, 4.69) is 0 Å². The van der Waals surface area contributed by atoms with E-state index in [-0.39, 0.29) is 12.4 Å². The zero-order valence-corrected chi connectivity index (χ0v) is 7.78. The smallest absolute Gasteiger partial charge is 0.335 e. The third-order valence-electron chi connectivity index (χ3n) is 1.30. The molecule has 0 atom stereocenters.